The van der Waals surface area contributed by atoms with Gasteiger partial charge in [-0.2, -0.15) is 0 Å². The quantitative estimate of drug-likeness (QED) is 0.650. The van der Waals surface area contributed by atoms with Gasteiger partial charge in [0.25, 0.3) is 0 Å². The number of benzene rings is 1. The van der Waals surface area contributed by atoms with Crippen LogP contribution in [-0.2, 0) is 4.79 Å². The molecule has 5 rings (SSSR count). The van der Waals surface area contributed by atoms with Crippen molar-refractivity contribution in [2.24, 2.45) is 5.92 Å². The van der Waals surface area contributed by atoms with Gasteiger partial charge in [-0.1, -0.05) is 30.3 Å². The van der Waals surface area contributed by atoms with Gasteiger partial charge in [-0.05, 0) is 49.5 Å². The molecule has 3 amide bonds. The lowest BCUT2D eigenvalue weighted by atomic mass is 10.0. The highest BCUT2D eigenvalue weighted by molar-refractivity contribution is 6.33. The van der Waals surface area contributed by atoms with Crippen LogP contribution in [0.5, 0.6) is 0 Å². The van der Waals surface area contributed by atoms with E-state index in [1.807, 2.05) is 13.0 Å². The molecule has 1 saturated heterocycles. The Hall–Kier alpha value is -2.97. The predicted octanol–water partition coefficient (Wildman–Crippen LogP) is 4.12. The summed E-state index contributed by atoms with van der Waals surface area (Å²) >= 11 is 6.69. The van der Waals surface area contributed by atoms with Crippen molar-refractivity contribution >= 4 is 29.4 Å². The fraction of sp³-hybridized carbons (Fsp3) is 0.400. The Morgan fingerprint density at radius 2 is 2.03 bits per heavy atom. The van der Waals surface area contributed by atoms with Gasteiger partial charge in [-0.15, -0.1) is 0 Å². The number of hydrogen-bond donors (Lipinski definition) is 1. The Bertz CT molecular complexity index is 1140. The molecule has 0 bridgehead atoms. The fourth-order valence-electron chi connectivity index (χ4n) is 4.73. The molecule has 2 aliphatic heterocycles. The standard InChI is InChI=1S/C25H27ClFN5O2/c1-3-20(33)30-9-11-31(12-10-30)23-17-13-18(26)22(21-15(2)5-4-6-19(21)27)28-24(17)32(25(34)29-23)14-16-7-8-16/h3-6,13,16,23H,1,7-12,14H2,2H3,(H,29,34). The number of carbonyl (C=O) groups is 2. The Kier molecular flexibility index (Phi) is 6.04. The van der Waals surface area contributed by atoms with Crippen molar-refractivity contribution in [3.05, 3.63) is 58.9 Å². The second-order valence-corrected chi connectivity index (χ2v) is 9.54. The van der Waals surface area contributed by atoms with E-state index in [0.717, 1.165) is 24.0 Å². The van der Waals surface area contributed by atoms with E-state index >= 15 is 0 Å². The van der Waals surface area contributed by atoms with Crippen LogP contribution in [0, 0.1) is 18.7 Å². The van der Waals surface area contributed by atoms with E-state index in [1.165, 1.54) is 12.1 Å². The number of piperazine rings is 1. The Labute approximate surface area is 203 Å². The van der Waals surface area contributed by atoms with Crippen LogP contribution in [0.1, 0.15) is 30.1 Å². The number of hydrogen-bond acceptors (Lipinski definition) is 4. The summed E-state index contributed by atoms with van der Waals surface area (Å²) in [5.74, 6) is 0.466. The Balaban J connectivity index is 1.54. The number of aromatic nitrogens is 1. The van der Waals surface area contributed by atoms with Crippen LogP contribution in [0.25, 0.3) is 11.3 Å². The van der Waals surface area contributed by atoms with Crippen molar-refractivity contribution in [2.75, 3.05) is 37.6 Å². The summed E-state index contributed by atoms with van der Waals surface area (Å²) in [5, 5.41) is 3.44. The van der Waals surface area contributed by atoms with E-state index in [-0.39, 0.29) is 11.9 Å². The molecule has 1 N–H and O–H groups in total. The molecular formula is C25H27ClFN5O2. The number of rotatable bonds is 5. The Morgan fingerprint density at radius 1 is 1.29 bits per heavy atom. The molecule has 0 spiro atoms. The average molecular weight is 484 g/mol. The summed E-state index contributed by atoms with van der Waals surface area (Å²) in [4.78, 5) is 35.5. The van der Waals surface area contributed by atoms with E-state index in [9.17, 15) is 14.0 Å². The minimum absolute atomic E-state index is 0.0991. The number of anilines is 1. The minimum Gasteiger partial charge on any atom is -0.337 e. The third kappa shape index (κ3) is 4.16. The van der Waals surface area contributed by atoms with Gasteiger partial charge in [0.2, 0.25) is 5.91 Å². The van der Waals surface area contributed by atoms with Gasteiger partial charge >= 0.3 is 6.03 Å². The van der Waals surface area contributed by atoms with Gasteiger partial charge in [-0.25, -0.2) is 14.2 Å². The zero-order valence-corrected chi connectivity index (χ0v) is 19.8. The third-order valence-corrected chi connectivity index (χ3v) is 7.09. The molecule has 1 unspecified atom stereocenters. The number of amides is 3. The summed E-state index contributed by atoms with van der Waals surface area (Å²) in [5.41, 5.74) is 2.20. The summed E-state index contributed by atoms with van der Waals surface area (Å²) in [7, 11) is 0. The summed E-state index contributed by atoms with van der Waals surface area (Å²) in [6, 6.07) is 6.44. The second kappa shape index (κ2) is 9.00. The van der Waals surface area contributed by atoms with E-state index in [1.54, 1.807) is 21.9 Å². The number of nitrogens with zero attached hydrogens (tertiary/aromatic N) is 4. The molecule has 1 aromatic heterocycles. The smallest absolute Gasteiger partial charge is 0.324 e. The van der Waals surface area contributed by atoms with Crippen molar-refractivity contribution < 1.29 is 14.0 Å². The van der Waals surface area contributed by atoms with Gasteiger partial charge in [0.05, 0.1) is 10.7 Å². The first-order valence-corrected chi connectivity index (χ1v) is 11.9. The van der Waals surface area contributed by atoms with Crippen LogP contribution in [-0.4, -0.2) is 59.4 Å². The first kappa shape index (κ1) is 22.8. The van der Waals surface area contributed by atoms with Crippen molar-refractivity contribution in [1.29, 1.82) is 0 Å². The first-order chi connectivity index (χ1) is 16.4. The van der Waals surface area contributed by atoms with Crippen molar-refractivity contribution in [3.8, 4) is 11.3 Å². The van der Waals surface area contributed by atoms with E-state index in [2.05, 4.69) is 16.8 Å². The lowest BCUT2D eigenvalue weighted by Crippen LogP contribution is -2.57. The largest absolute Gasteiger partial charge is 0.337 e. The van der Waals surface area contributed by atoms with Gasteiger partial charge in [0.15, 0.2) is 0 Å². The third-order valence-electron chi connectivity index (χ3n) is 6.80. The van der Waals surface area contributed by atoms with Crippen LogP contribution < -0.4 is 10.2 Å². The topological polar surface area (TPSA) is 68.8 Å². The molecule has 2 fully saturated rings. The molecule has 1 aliphatic carbocycles. The van der Waals surface area contributed by atoms with Gasteiger partial charge in [0, 0.05) is 43.9 Å². The average Bonchev–Trinajstić information content (AvgIpc) is 3.65. The normalized spacial score (nSPS) is 20.7. The molecule has 34 heavy (non-hydrogen) atoms. The second-order valence-electron chi connectivity index (χ2n) is 9.13. The molecule has 3 aliphatic rings. The summed E-state index contributed by atoms with van der Waals surface area (Å²) in [6.07, 6.45) is 3.04. The van der Waals surface area contributed by atoms with E-state index in [4.69, 9.17) is 16.6 Å². The van der Waals surface area contributed by atoms with Gasteiger partial charge < -0.3 is 10.2 Å². The number of aryl methyl sites for hydroxylation is 1. The summed E-state index contributed by atoms with van der Waals surface area (Å²) < 4.78 is 14.8. The highest BCUT2D eigenvalue weighted by atomic mass is 35.5. The number of halogens is 2. The minimum atomic E-state index is -0.431. The van der Waals surface area contributed by atoms with Crippen LogP contribution in [0.15, 0.2) is 36.9 Å². The number of fused-ring (bicyclic) bond motifs is 1. The van der Waals surface area contributed by atoms with Crippen LogP contribution in [0.4, 0.5) is 15.0 Å². The predicted molar refractivity (Wildman–Crippen MR) is 129 cm³/mol. The maximum atomic E-state index is 14.8. The number of carbonyl (C=O) groups excluding carboxylic acids is 2. The molecular weight excluding hydrogens is 457 g/mol. The zero-order valence-electron chi connectivity index (χ0n) is 19.1. The Morgan fingerprint density at radius 3 is 2.68 bits per heavy atom. The summed E-state index contributed by atoms with van der Waals surface area (Å²) in [6.45, 7) is 8.17. The highest BCUT2D eigenvalue weighted by Gasteiger charge is 2.39. The SMILES string of the molecule is C=CC(=O)N1CCN(C2NC(=O)N(CC3CC3)c3nc(-c4c(C)cccc4F)c(Cl)cc32)CC1. The van der Waals surface area contributed by atoms with Crippen molar-refractivity contribution in [1.82, 2.24) is 20.1 Å². The maximum absolute atomic E-state index is 14.8. The van der Waals surface area contributed by atoms with Gasteiger partial charge in [-0.3, -0.25) is 14.6 Å². The molecule has 9 heteroatoms. The van der Waals surface area contributed by atoms with Crippen molar-refractivity contribution in [3.63, 3.8) is 0 Å². The van der Waals surface area contributed by atoms with Crippen LogP contribution in [0.3, 0.4) is 0 Å². The fourth-order valence-corrected chi connectivity index (χ4v) is 4.99. The molecule has 0 radical (unpaired) electrons. The number of urea groups is 1. The highest BCUT2D eigenvalue weighted by Crippen LogP contribution is 2.41. The zero-order chi connectivity index (χ0) is 24.0. The lowest BCUT2D eigenvalue weighted by Gasteiger charge is -2.43. The number of nitrogens with one attached hydrogen (secondary N) is 1. The molecule has 2 aromatic rings. The first-order valence-electron chi connectivity index (χ1n) is 11.6. The molecule has 7 nitrogen and oxygen atoms in total. The molecule has 1 aromatic carbocycles. The van der Waals surface area contributed by atoms with E-state index < -0.39 is 12.0 Å². The molecule has 3 heterocycles. The van der Waals surface area contributed by atoms with Crippen LogP contribution in [0.2, 0.25) is 5.02 Å². The van der Waals surface area contributed by atoms with Crippen LogP contribution >= 0.6 is 11.6 Å². The molecule has 178 valence electrons. The molecule has 1 atom stereocenters. The lowest BCUT2D eigenvalue weighted by molar-refractivity contribution is -0.128. The van der Waals surface area contributed by atoms with Crippen molar-refractivity contribution in [2.45, 2.75) is 25.9 Å². The number of pyridine rings is 1. The maximum Gasteiger partial charge on any atom is 0.324 e. The van der Waals surface area contributed by atoms with E-state index in [0.29, 0.717) is 60.7 Å². The molecule has 1 saturated carbocycles. The van der Waals surface area contributed by atoms with Gasteiger partial charge in [0.1, 0.15) is 17.8 Å². The monoisotopic (exact) mass is 483 g/mol.